The molecule has 0 aliphatic heterocycles. The maximum Gasteiger partial charge on any atom is 0.205 e. The molecular weight excluding hydrogens is 416 g/mol. The number of fused-ring (bicyclic) bond motifs is 1. The van der Waals surface area contributed by atoms with Crippen LogP contribution in [-0.4, -0.2) is 10.8 Å². The van der Waals surface area contributed by atoms with Crippen molar-refractivity contribution in [2.75, 3.05) is 5.73 Å². The molecule has 2 aromatic carbocycles. The van der Waals surface area contributed by atoms with E-state index in [-0.39, 0.29) is 5.78 Å². The molecule has 4 nitrogen and oxygen atoms in total. The lowest BCUT2D eigenvalue weighted by Crippen LogP contribution is -2.02. The topological polar surface area (TPSA) is 69.1 Å². The summed E-state index contributed by atoms with van der Waals surface area (Å²) >= 11 is 7.25. The van der Waals surface area contributed by atoms with Crippen LogP contribution in [0.5, 0.6) is 0 Å². The second-order valence-electron chi connectivity index (χ2n) is 6.76. The van der Waals surface area contributed by atoms with Gasteiger partial charge in [0.15, 0.2) is 0 Å². The number of pyridine rings is 1. The van der Waals surface area contributed by atoms with E-state index in [0.717, 1.165) is 22.2 Å². The summed E-state index contributed by atoms with van der Waals surface area (Å²) in [5.74, 6) is 0.522. The Bertz CT molecular complexity index is 1360. The van der Waals surface area contributed by atoms with Gasteiger partial charge in [-0.1, -0.05) is 41.9 Å². The molecule has 0 saturated carbocycles. The van der Waals surface area contributed by atoms with Gasteiger partial charge in [0.25, 0.3) is 0 Å². The number of nitrogens with zero attached hydrogens (tertiary/aromatic N) is 1. The molecule has 2 N–H and O–H groups in total. The fraction of sp³-hybridized carbons (Fsp3) is 0. The lowest BCUT2D eigenvalue weighted by Gasteiger charge is -2.06. The molecule has 0 saturated heterocycles. The molecule has 5 aromatic rings. The Morgan fingerprint density at radius 3 is 2.47 bits per heavy atom. The Morgan fingerprint density at radius 2 is 1.77 bits per heavy atom. The maximum absolute atomic E-state index is 13.1. The zero-order valence-electron chi connectivity index (χ0n) is 15.6. The van der Waals surface area contributed by atoms with Crippen LogP contribution in [0, 0.1) is 0 Å². The summed E-state index contributed by atoms with van der Waals surface area (Å²) in [6.45, 7) is 0. The third-order valence-corrected chi connectivity index (χ3v) is 6.22. The first-order valence-corrected chi connectivity index (χ1v) is 10.4. The Kier molecular flexibility index (Phi) is 4.62. The Hall–Kier alpha value is -3.41. The predicted molar refractivity (Wildman–Crippen MR) is 122 cm³/mol. The van der Waals surface area contributed by atoms with Crippen LogP contribution < -0.4 is 5.73 Å². The van der Waals surface area contributed by atoms with E-state index in [1.807, 2.05) is 48.5 Å². The fourth-order valence-electron chi connectivity index (χ4n) is 3.40. The maximum atomic E-state index is 13.1. The number of thiophene rings is 1. The smallest absolute Gasteiger partial charge is 0.205 e. The average Bonchev–Trinajstić information content (AvgIpc) is 3.42. The van der Waals surface area contributed by atoms with Gasteiger partial charge >= 0.3 is 0 Å². The molecule has 3 aromatic heterocycles. The SMILES string of the molecule is Nc1c(C(=O)c2ccc(Cl)cc2)sc2nc(-c3ccccc3)cc(-c3ccco3)c12. The number of nitrogens with two attached hydrogens (primary N) is 1. The summed E-state index contributed by atoms with van der Waals surface area (Å²) in [5.41, 5.74) is 10.0. The van der Waals surface area contributed by atoms with E-state index in [1.54, 1.807) is 30.5 Å². The van der Waals surface area contributed by atoms with Crippen LogP contribution >= 0.6 is 22.9 Å². The minimum atomic E-state index is -0.154. The number of carbonyl (C=O) groups is 1. The van der Waals surface area contributed by atoms with Crippen molar-refractivity contribution >= 4 is 44.6 Å². The Morgan fingerprint density at radius 1 is 1.00 bits per heavy atom. The lowest BCUT2D eigenvalue weighted by molar-refractivity contribution is 0.104. The number of anilines is 1. The highest BCUT2D eigenvalue weighted by Crippen LogP contribution is 2.42. The van der Waals surface area contributed by atoms with Crippen LogP contribution in [-0.2, 0) is 0 Å². The molecule has 30 heavy (non-hydrogen) atoms. The number of carbonyl (C=O) groups excluding carboxylic acids is 1. The minimum Gasteiger partial charge on any atom is -0.464 e. The first-order valence-electron chi connectivity index (χ1n) is 9.24. The van der Waals surface area contributed by atoms with Crippen LogP contribution in [0.25, 0.3) is 32.8 Å². The molecule has 6 heteroatoms. The van der Waals surface area contributed by atoms with Crippen molar-refractivity contribution in [3.8, 4) is 22.6 Å². The monoisotopic (exact) mass is 430 g/mol. The Balaban J connectivity index is 1.74. The summed E-state index contributed by atoms with van der Waals surface area (Å²) in [6.07, 6.45) is 1.62. The van der Waals surface area contributed by atoms with E-state index in [0.29, 0.717) is 31.7 Å². The molecule has 0 unspecified atom stereocenters. The molecule has 146 valence electrons. The van der Waals surface area contributed by atoms with Crippen molar-refractivity contribution in [1.82, 2.24) is 4.98 Å². The number of rotatable bonds is 4. The normalized spacial score (nSPS) is 11.1. The first-order chi connectivity index (χ1) is 14.6. The third kappa shape index (κ3) is 3.18. The van der Waals surface area contributed by atoms with Crippen molar-refractivity contribution in [3.63, 3.8) is 0 Å². The van der Waals surface area contributed by atoms with Crippen molar-refractivity contribution in [1.29, 1.82) is 0 Å². The number of halogens is 1. The number of benzene rings is 2. The zero-order chi connectivity index (χ0) is 20.7. The molecule has 0 radical (unpaired) electrons. The van der Waals surface area contributed by atoms with Crippen molar-refractivity contribution in [2.24, 2.45) is 0 Å². The molecule has 0 amide bonds. The zero-order valence-corrected chi connectivity index (χ0v) is 17.2. The molecule has 0 atom stereocenters. The van der Waals surface area contributed by atoms with Gasteiger partial charge in [-0.2, -0.15) is 0 Å². The van der Waals surface area contributed by atoms with Gasteiger partial charge in [0.05, 0.1) is 17.6 Å². The molecule has 0 spiro atoms. The van der Waals surface area contributed by atoms with Gasteiger partial charge in [0.2, 0.25) is 5.78 Å². The second-order valence-corrected chi connectivity index (χ2v) is 8.19. The number of aromatic nitrogens is 1. The lowest BCUT2D eigenvalue weighted by atomic mass is 10.0. The largest absolute Gasteiger partial charge is 0.464 e. The van der Waals surface area contributed by atoms with Crippen LogP contribution in [0.4, 0.5) is 5.69 Å². The van der Waals surface area contributed by atoms with Gasteiger partial charge < -0.3 is 10.2 Å². The fourth-order valence-corrected chi connectivity index (χ4v) is 4.61. The van der Waals surface area contributed by atoms with Crippen molar-refractivity contribution in [2.45, 2.75) is 0 Å². The molecule has 0 fully saturated rings. The summed E-state index contributed by atoms with van der Waals surface area (Å²) in [4.78, 5) is 19.1. The van der Waals surface area contributed by atoms with Crippen molar-refractivity contribution < 1.29 is 9.21 Å². The predicted octanol–water partition coefficient (Wildman–Crippen LogP) is 6.69. The quantitative estimate of drug-likeness (QED) is 0.322. The minimum absolute atomic E-state index is 0.154. The number of nitrogen functional groups attached to an aromatic ring is 1. The van der Waals surface area contributed by atoms with E-state index in [9.17, 15) is 4.79 Å². The third-order valence-electron chi connectivity index (χ3n) is 4.87. The van der Waals surface area contributed by atoms with Gasteiger partial charge in [-0.15, -0.1) is 11.3 Å². The van der Waals surface area contributed by atoms with Gasteiger partial charge in [0, 0.05) is 27.1 Å². The highest BCUT2D eigenvalue weighted by atomic mass is 35.5. The average molecular weight is 431 g/mol. The summed E-state index contributed by atoms with van der Waals surface area (Å²) in [5, 5.41) is 1.30. The molecule has 0 aliphatic carbocycles. The van der Waals surface area contributed by atoms with Gasteiger partial charge in [-0.3, -0.25) is 4.79 Å². The first kappa shape index (κ1) is 18.6. The molecular formula is C24H15ClN2O2S. The summed E-state index contributed by atoms with van der Waals surface area (Å²) < 4.78 is 5.66. The van der Waals surface area contributed by atoms with Gasteiger partial charge in [-0.05, 0) is 42.5 Å². The van der Waals surface area contributed by atoms with E-state index >= 15 is 0 Å². The molecule has 0 aliphatic rings. The van der Waals surface area contributed by atoms with Gasteiger partial charge in [0.1, 0.15) is 15.5 Å². The van der Waals surface area contributed by atoms with E-state index in [4.69, 9.17) is 26.7 Å². The summed E-state index contributed by atoms with van der Waals surface area (Å²) in [7, 11) is 0. The standard InChI is InChI=1S/C24H15ClN2O2S/c25-16-10-8-15(9-11-16)22(28)23-21(26)20-17(19-7-4-12-29-19)13-18(27-24(20)30-23)14-5-2-1-3-6-14/h1-13H,26H2. The van der Waals surface area contributed by atoms with Crippen LogP contribution in [0.2, 0.25) is 5.02 Å². The number of hydrogen-bond acceptors (Lipinski definition) is 5. The van der Waals surface area contributed by atoms with Crippen LogP contribution in [0.3, 0.4) is 0 Å². The van der Waals surface area contributed by atoms with E-state index in [1.165, 1.54) is 11.3 Å². The molecule has 3 heterocycles. The van der Waals surface area contributed by atoms with E-state index < -0.39 is 0 Å². The number of hydrogen-bond donors (Lipinski definition) is 1. The second kappa shape index (κ2) is 7.44. The molecule has 5 rings (SSSR count). The molecule has 0 bridgehead atoms. The van der Waals surface area contributed by atoms with Gasteiger partial charge in [-0.25, -0.2) is 4.98 Å². The highest BCUT2D eigenvalue weighted by molar-refractivity contribution is 7.21. The Labute approximate surface area is 181 Å². The highest BCUT2D eigenvalue weighted by Gasteiger charge is 2.23. The van der Waals surface area contributed by atoms with Crippen molar-refractivity contribution in [3.05, 3.63) is 94.5 Å². The number of furan rings is 1. The van der Waals surface area contributed by atoms with E-state index in [2.05, 4.69) is 0 Å². The number of ketones is 1. The summed E-state index contributed by atoms with van der Waals surface area (Å²) in [6, 6.07) is 22.3. The van der Waals surface area contributed by atoms with Crippen LogP contribution in [0.15, 0.2) is 83.5 Å². The van der Waals surface area contributed by atoms with Crippen LogP contribution in [0.1, 0.15) is 15.2 Å².